The average molecular weight is 840 g/mol. The van der Waals surface area contributed by atoms with Crippen LogP contribution in [0.4, 0.5) is 4.79 Å². The zero-order valence-electron chi connectivity index (χ0n) is 35.0. The van der Waals surface area contributed by atoms with Crippen LogP contribution in [0, 0.1) is 17.8 Å². The Morgan fingerprint density at radius 3 is 1.48 bits per heavy atom. The molecule has 0 radical (unpaired) electrons. The summed E-state index contributed by atoms with van der Waals surface area (Å²) in [5.41, 5.74) is 6.82. The summed E-state index contributed by atoms with van der Waals surface area (Å²) in [7, 11) is 1.53. The molecule has 3 aliphatic rings. The third-order valence-electron chi connectivity index (χ3n) is 12.1. The molecule has 5 N–H and O–H groups in total. The largest absolute Gasteiger partial charge is 0.341 e. The highest BCUT2D eigenvalue weighted by molar-refractivity contribution is 5.91. The number of hydrogen-bond donors (Lipinski definition) is 5. The second-order valence-corrected chi connectivity index (χ2v) is 16.3. The molecular weight excluding hydrogens is 791 g/mol. The first-order valence-corrected chi connectivity index (χ1v) is 21.6. The fourth-order valence-electron chi connectivity index (χ4n) is 8.55. The van der Waals surface area contributed by atoms with Crippen molar-refractivity contribution in [1.29, 1.82) is 0 Å². The maximum atomic E-state index is 14.1. The van der Waals surface area contributed by atoms with Crippen molar-refractivity contribution >= 4 is 23.8 Å². The van der Waals surface area contributed by atoms with E-state index in [1.165, 1.54) is 7.05 Å². The van der Waals surface area contributed by atoms with E-state index in [4.69, 9.17) is 9.97 Å². The molecule has 2 aliphatic heterocycles. The Hall–Kier alpha value is -7.46. The zero-order chi connectivity index (χ0) is 43.3. The van der Waals surface area contributed by atoms with Crippen LogP contribution < -0.4 is 16.0 Å². The molecule has 13 nitrogen and oxygen atoms in total. The molecule has 6 aromatic rings. The van der Waals surface area contributed by atoms with Gasteiger partial charge < -0.3 is 35.7 Å². The minimum atomic E-state index is -0.820. The minimum absolute atomic E-state index is 0.00256. The predicted octanol–water partition coefficient (Wildman–Crippen LogP) is 7.13. The van der Waals surface area contributed by atoms with Gasteiger partial charge in [-0.15, -0.1) is 0 Å². The smallest absolute Gasteiger partial charge is 0.315 e. The van der Waals surface area contributed by atoms with E-state index in [0.29, 0.717) is 24.5 Å². The van der Waals surface area contributed by atoms with Gasteiger partial charge in [-0.3, -0.25) is 14.4 Å². The lowest BCUT2D eigenvalue weighted by Crippen LogP contribution is -2.45. The van der Waals surface area contributed by atoms with Gasteiger partial charge in [0.25, 0.3) is 0 Å². The molecule has 4 atom stereocenters. The van der Waals surface area contributed by atoms with E-state index in [1.54, 1.807) is 6.20 Å². The van der Waals surface area contributed by atoms with Crippen molar-refractivity contribution < 1.29 is 19.2 Å². The van der Waals surface area contributed by atoms with Crippen LogP contribution in [-0.4, -0.2) is 73.6 Å². The molecule has 0 spiro atoms. The molecule has 318 valence electrons. The fraction of sp³-hybridized carbons (Fsp3) is 0.280. The Kier molecular flexibility index (Phi) is 11.9. The SMILES string of the molecule is CNC(=O)NC(C(=O)N1CCCC1c1ncc(-c2ccc(C#Cc3ccc(-c4cnc(C5CCCN5C(=O)C(NC(=O)C5CC5)c5ccccc5)[nH]4)cc3)cc2)[nH]1)c1ccccc1. The topological polar surface area (TPSA) is 168 Å². The van der Waals surface area contributed by atoms with Crippen molar-refractivity contribution in [3.8, 4) is 34.4 Å². The number of aromatic nitrogens is 4. The summed E-state index contributed by atoms with van der Waals surface area (Å²) in [6, 6.07) is 32.3. The van der Waals surface area contributed by atoms with E-state index < -0.39 is 18.1 Å². The summed E-state index contributed by atoms with van der Waals surface area (Å²) < 4.78 is 0. The average Bonchev–Trinajstić information content (AvgIpc) is 3.77. The Labute approximate surface area is 366 Å². The summed E-state index contributed by atoms with van der Waals surface area (Å²) in [4.78, 5) is 73.1. The molecule has 5 amide bonds. The third kappa shape index (κ3) is 9.11. The van der Waals surface area contributed by atoms with Crippen LogP contribution in [0.15, 0.2) is 122 Å². The number of aromatic amines is 2. The number of imidazole rings is 2. The first-order valence-electron chi connectivity index (χ1n) is 21.6. The molecule has 3 fully saturated rings. The summed E-state index contributed by atoms with van der Waals surface area (Å²) in [5.74, 6) is 7.63. The van der Waals surface area contributed by atoms with E-state index >= 15 is 0 Å². The van der Waals surface area contributed by atoms with Gasteiger partial charge in [0, 0.05) is 37.2 Å². The molecule has 4 aromatic carbocycles. The second kappa shape index (κ2) is 18.3. The van der Waals surface area contributed by atoms with Gasteiger partial charge in [-0.1, -0.05) is 96.8 Å². The molecule has 13 heteroatoms. The standard InChI is InChI=1S/C50H49N9O4/c1-51-50(63)57-44(37-12-6-3-7-13-37)49(62)59-29-9-15-42(59)46-53-31-40(55-46)35-24-20-33(21-25-35)17-16-32-18-22-34(23-19-32)39-30-52-45(54-39)41-14-8-28-58(41)48(61)43(36-10-4-2-5-11-36)56-47(60)38-26-27-38/h2-7,10-13,18-25,30-31,38,41-44H,8-9,14-15,26-29H2,1H3,(H,52,54)(H,53,55)(H,56,60)(H2,51,57,63). The number of nitrogens with zero attached hydrogens (tertiary/aromatic N) is 4. The highest BCUT2D eigenvalue weighted by Gasteiger charge is 2.40. The first kappa shape index (κ1) is 40.9. The van der Waals surface area contributed by atoms with Gasteiger partial charge in [-0.2, -0.15) is 0 Å². The first-order chi connectivity index (χ1) is 30.8. The van der Waals surface area contributed by atoms with Gasteiger partial charge in [0.2, 0.25) is 17.7 Å². The zero-order valence-corrected chi connectivity index (χ0v) is 35.0. The van der Waals surface area contributed by atoms with Crippen molar-refractivity contribution in [2.75, 3.05) is 20.1 Å². The molecule has 2 saturated heterocycles. The quantitative estimate of drug-likeness (QED) is 0.0871. The fourth-order valence-corrected chi connectivity index (χ4v) is 8.55. The number of rotatable bonds is 11. The van der Waals surface area contributed by atoms with Crippen LogP contribution in [-0.2, 0) is 14.4 Å². The lowest BCUT2D eigenvalue weighted by atomic mass is 10.0. The number of benzene rings is 4. The summed E-state index contributed by atoms with van der Waals surface area (Å²) in [6.45, 7) is 1.17. The highest BCUT2D eigenvalue weighted by atomic mass is 16.2. The van der Waals surface area contributed by atoms with E-state index in [2.05, 4.69) is 37.8 Å². The highest BCUT2D eigenvalue weighted by Crippen LogP contribution is 2.36. The number of H-pyrrole nitrogens is 2. The molecule has 2 aromatic heterocycles. The molecule has 4 unspecified atom stereocenters. The Balaban J connectivity index is 0.831. The van der Waals surface area contributed by atoms with Crippen LogP contribution in [0.3, 0.4) is 0 Å². The van der Waals surface area contributed by atoms with Crippen LogP contribution >= 0.6 is 0 Å². The van der Waals surface area contributed by atoms with Crippen molar-refractivity contribution in [3.63, 3.8) is 0 Å². The third-order valence-corrected chi connectivity index (χ3v) is 12.1. The number of carbonyl (C=O) groups is 4. The van der Waals surface area contributed by atoms with Crippen LogP contribution in [0.2, 0.25) is 0 Å². The Morgan fingerprint density at radius 1 is 0.603 bits per heavy atom. The van der Waals surface area contributed by atoms with Gasteiger partial charge in [-0.25, -0.2) is 14.8 Å². The van der Waals surface area contributed by atoms with Crippen LogP contribution in [0.1, 0.15) is 96.6 Å². The van der Waals surface area contributed by atoms with Crippen molar-refractivity contribution in [3.05, 3.63) is 155 Å². The van der Waals surface area contributed by atoms with E-state index in [0.717, 1.165) is 83.6 Å². The molecule has 4 heterocycles. The molecule has 1 aliphatic carbocycles. The summed E-state index contributed by atoms with van der Waals surface area (Å²) in [5, 5.41) is 8.42. The lowest BCUT2D eigenvalue weighted by molar-refractivity contribution is -0.138. The number of carbonyl (C=O) groups excluding carboxylic acids is 4. The maximum absolute atomic E-state index is 14.1. The number of hydrogen-bond acceptors (Lipinski definition) is 6. The van der Waals surface area contributed by atoms with Crippen molar-refractivity contribution in [2.45, 2.75) is 62.7 Å². The van der Waals surface area contributed by atoms with Crippen molar-refractivity contribution in [1.82, 2.24) is 45.7 Å². The molecule has 1 saturated carbocycles. The maximum Gasteiger partial charge on any atom is 0.315 e. The summed E-state index contributed by atoms with van der Waals surface area (Å²) in [6.07, 6.45) is 8.57. The summed E-state index contributed by atoms with van der Waals surface area (Å²) >= 11 is 0. The number of amides is 5. The molecule has 63 heavy (non-hydrogen) atoms. The predicted molar refractivity (Wildman–Crippen MR) is 238 cm³/mol. The van der Waals surface area contributed by atoms with Gasteiger partial charge in [0.05, 0.1) is 35.9 Å². The van der Waals surface area contributed by atoms with E-state index in [1.807, 2.05) is 125 Å². The van der Waals surface area contributed by atoms with Gasteiger partial charge in [-0.05, 0) is 85.0 Å². The van der Waals surface area contributed by atoms with Crippen LogP contribution in [0.25, 0.3) is 22.5 Å². The lowest BCUT2D eigenvalue weighted by Gasteiger charge is -2.28. The molecular formula is C50H49N9O4. The van der Waals surface area contributed by atoms with Crippen molar-refractivity contribution in [2.24, 2.45) is 5.92 Å². The molecule has 9 rings (SSSR count). The van der Waals surface area contributed by atoms with Gasteiger partial charge >= 0.3 is 6.03 Å². The van der Waals surface area contributed by atoms with E-state index in [-0.39, 0.29) is 35.7 Å². The number of nitrogens with one attached hydrogen (secondary N) is 5. The number of likely N-dealkylation sites (tertiary alicyclic amines) is 2. The minimum Gasteiger partial charge on any atom is -0.341 e. The Morgan fingerprint density at radius 2 is 1.05 bits per heavy atom. The van der Waals surface area contributed by atoms with Gasteiger partial charge in [0.1, 0.15) is 23.7 Å². The second-order valence-electron chi connectivity index (χ2n) is 16.3. The van der Waals surface area contributed by atoms with Crippen LogP contribution in [0.5, 0.6) is 0 Å². The Bertz CT molecular complexity index is 2640. The van der Waals surface area contributed by atoms with Gasteiger partial charge in [0.15, 0.2) is 0 Å². The normalized spacial score (nSPS) is 17.9. The molecule has 0 bridgehead atoms. The number of urea groups is 1. The monoisotopic (exact) mass is 839 g/mol. The van der Waals surface area contributed by atoms with E-state index in [9.17, 15) is 19.2 Å².